The van der Waals surface area contributed by atoms with Crippen LogP contribution in [0.15, 0.2) is 48.5 Å². The molecule has 0 saturated carbocycles. The van der Waals surface area contributed by atoms with Crippen molar-refractivity contribution >= 4 is 12.9 Å². The second kappa shape index (κ2) is 10.9. The number of benzene rings is 1. The highest BCUT2D eigenvalue weighted by molar-refractivity contribution is 6.50. The number of hydrogen-bond donors (Lipinski definition) is 1. The third-order valence-corrected chi connectivity index (χ3v) is 3.93. The molecular weight excluding hydrogens is 369 g/mol. The predicted octanol–water partition coefficient (Wildman–Crippen LogP) is 4.95. The van der Waals surface area contributed by atoms with Crippen LogP contribution in [0.2, 0.25) is 0 Å². The third kappa shape index (κ3) is 8.15. The first-order chi connectivity index (χ1) is 13.0. The molecule has 2 nitrogen and oxygen atoms in total. The summed E-state index contributed by atoms with van der Waals surface area (Å²) in [4.78, 5) is 3.65. The average Bonchev–Trinajstić information content (AvgIpc) is 2.79. The maximum absolute atomic E-state index is 9.75. The highest BCUT2D eigenvalue weighted by atomic mass is 19.5. The van der Waals surface area contributed by atoms with E-state index >= 15 is 0 Å². The monoisotopic (exact) mass is 397 g/mol. The van der Waals surface area contributed by atoms with Crippen LogP contribution in [0, 0.1) is 0 Å². The van der Waals surface area contributed by atoms with Crippen molar-refractivity contribution in [3.05, 3.63) is 65.0 Å². The minimum Gasteiger partial charge on any atom is -0.487 e. The summed E-state index contributed by atoms with van der Waals surface area (Å²) in [6.45, 7) is 11.6. The molecular formula is C21H28BF4NO. The second-order valence-electron chi connectivity index (χ2n) is 6.86. The lowest BCUT2D eigenvalue weighted by Gasteiger charge is -2.12. The predicted molar refractivity (Wildman–Crippen MR) is 106 cm³/mol. The Morgan fingerprint density at radius 2 is 1.32 bits per heavy atom. The van der Waals surface area contributed by atoms with Crippen molar-refractivity contribution in [2.24, 2.45) is 0 Å². The van der Waals surface area contributed by atoms with Gasteiger partial charge in [0.1, 0.15) is 0 Å². The molecule has 2 aromatic carbocycles. The zero-order valence-electron chi connectivity index (χ0n) is 17.0. The molecule has 0 radical (unpaired) electrons. The van der Waals surface area contributed by atoms with Crippen LogP contribution in [-0.4, -0.2) is 13.9 Å². The fraction of sp³-hybridized carbons (Fsp3) is 0.381. The van der Waals surface area contributed by atoms with Crippen molar-refractivity contribution < 1.29 is 27.0 Å². The van der Waals surface area contributed by atoms with Crippen LogP contribution in [0.3, 0.4) is 0 Å². The molecule has 0 bridgehead atoms. The fourth-order valence-electron chi connectivity index (χ4n) is 2.75. The van der Waals surface area contributed by atoms with Crippen LogP contribution >= 0.6 is 0 Å². The Kier molecular flexibility index (Phi) is 9.22. The number of hydrogen-bond acceptors (Lipinski definition) is 1. The Hall–Kier alpha value is -2.31. The molecule has 0 unspecified atom stereocenters. The minimum atomic E-state index is -6.00. The Bertz CT molecular complexity index is 788. The van der Waals surface area contributed by atoms with Crippen LogP contribution in [0.1, 0.15) is 57.6 Å². The topological polar surface area (TPSA) is 23.2 Å². The Morgan fingerprint density at radius 1 is 0.821 bits per heavy atom. The fourth-order valence-corrected chi connectivity index (χ4v) is 2.75. The summed E-state index contributed by atoms with van der Waals surface area (Å²) in [5.41, 5.74) is 3.89. The van der Waals surface area contributed by atoms with Crippen LogP contribution in [0.5, 0.6) is 5.75 Å². The smallest absolute Gasteiger partial charge is 0.487 e. The molecule has 0 aliphatic rings. The van der Waals surface area contributed by atoms with Gasteiger partial charge in [-0.25, -0.2) is 4.99 Å². The van der Waals surface area contributed by atoms with Gasteiger partial charge in [0.2, 0.25) is 11.0 Å². The maximum Gasteiger partial charge on any atom is 0.673 e. The molecule has 28 heavy (non-hydrogen) atoms. The number of nitrogens with one attached hydrogen (secondary N) is 1. The molecule has 0 spiro atoms. The lowest BCUT2D eigenvalue weighted by molar-refractivity contribution is -0.404. The summed E-state index contributed by atoms with van der Waals surface area (Å²) in [5.74, 6) is 1.80. The maximum atomic E-state index is 9.75. The quantitative estimate of drug-likeness (QED) is 0.560. The van der Waals surface area contributed by atoms with E-state index in [1.165, 1.54) is 16.8 Å². The first-order valence-corrected chi connectivity index (χ1v) is 9.36. The molecule has 0 aromatic heterocycles. The Balaban J connectivity index is 0.000000696. The molecule has 0 saturated heterocycles. The molecule has 0 aliphatic heterocycles. The third-order valence-electron chi connectivity index (χ3n) is 3.93. The highest BCUT2D eigenvalue weighted by Gasteiger charge is 2.20. The molecule has 7 heteroatoms. The molecule has 0 amide bonds. The van der Waals surface area contributed by atoms with Gasteiger partial charge in [-0.3, -0.25) is 0 Å². The van der Waals surface area contributed by atoms with Gasteiger partial charge in [-0.1, -0.05) is 64.1 Å². The molecule has 0 fully saturated rings. The molecule has 0 atom stereocenters. The standard InChI is InChI=1S/C21H27NO.BF4/c1-6-23-20-14-9-7-8-13-19(20)22-21-17(15(2)3)11-10-12-18(21)16(4)5;2-1(3,4)5/h7-16H,6H2,1-5H3;/q;-1/p+1. The van der Waals surface area contributed by atoms with Crippen molar-refractivity contribution in [3.8, 4) is 5.75 Å². The van der Waals surface area contributed by atoms with Crippen molar-refractivity contribution in [3.63, 3.8) is 0 Å². The zero-order valence-corrected chi connectivity index (χ0v) is 17.0. The number of para-hydroxylation sites is 1. The lowest BCUT2D eigenvalue weighted by Crippen LogP contribution is -2.71. The van der Waals surface area contributed by atoms with E-state index in [1.54, 1.807) is 0 Å². The minimum absolute atomic E-state index is 0.462. The first-order valence-electron chi connectivity index (χ1n) is 9.36. The van der Waals surface area contributed by atoms with Gasteiger partial charge in [-0.2, -0.15) is 0 Å². The molecule has 2 aromatic rings. The van der Waals surface area contributed by atoms with Crippen molar-refractivity contribution in [1.29, 1.82) is 0 Å². The van der Waals surface area contributed by atoms with Gasteiger partial charge in [0.25, 0.3) is 0 Å². The zero-order chi connectivity index (χ0) is 21.3. The van der Waals surface area contributed by atoms with Crippen molar-refractivity contribution in [2.45, 2.75) is 46.5 Å². The Morgan fingerprint density at radius 3 is 1.79 bits per heavy atom. The van der Waals surface area contributed by atoms with E-state index in [0.29, 0.717) is 18.4 Å². The summed E-state index contributed by atoms with van der Waals surface area (Å²) < 4.78 is 44.8. The number of halogens is 4. The summed E-state index contributed by atoms with van der Waals surface area (Å²) in [6.07, 6.45) is 0. The normalized spacial score (nSPS) is 12.0. The summed E-state index contributed by atoms with van der Waals surface area (Å²) >= 11 is 0. The summed E-state index contributed by atoms with van der Waals surface area (Å²) in [5, 5.41) is 1.01. The van der Waals surface area contributed by atoms with Crippen molar-refractivity contribution in [2.75, 3.05) is 6.61 Å². The van der Waals surface area contributed by atoms with E-state index in [2.05, 4.69) is 57.0 Å². The van der Waals surface area contributed by atoms with Crippen LogP contribution < -0.4 is 15.1 Å². The van der Waals surface area contributed by atoms with Gasteiger partial charge in [0, 0.05) is 17.2 Å². The molecule has 1 N–H and O–H groups in total. The van der Waals surface area contributed by atoms with Crippen molar-refractivity contribution in [1.82, 2.24) is 0 Å². The first kappa shape index (κ1) is 23.7. The van der Waals surface area contributed by atoms with Crippen LogP contribution in [0.4, 0.5) is 23.0 Å². The van der Waals surface area contributed by atoms with E-state index in [-0.39, 0.29) is 0 Å². The van der Waals surface area contributed by atoms with Gasteiger partial charge in [0.05, 0.1) is 6.61 Å². The lowest BCUT2D eigenvalue weighted by atomic mass is 9.93. The average molecular weight is 397 g/mol. The van der Waals surface area contributed by atoms with E-state index in [4.69, 9.17) is 4.74 Å². The molecule has 2 rings (SSSR count). The Labute approximate surface area is 164 Å². The van der Waals surface area contributed by atoms with E-state index in [0.717, 1.165) is 11.1 Å². The SMILES string of the molecule is CCOc1cccccc1=[NH+]c1c(C(C)C)cccc1C(C)C.F[B-](F)(F)F. The molecule has 0 aliphatic carbocycles. The number of ether oxygens (including phenoxy) is 1. The van der Waals surface area contributed by atoms with E-state index < -0.39 is 7.25 Å². The van der Waals surface area contributed by atoms with Gasteiger partial charge in [0.15, 0.2) is 5.75 Å². The molecule has 0 heterocycles. The van der Waals surface area contributed by atoms with E-state index in [9.17, 15) is 17.3 Å². The van der Waals surface area contributed by atoms with Gasteiger partial charge >= 0.3 is 7.25 Å². The van der Waals surface area contributed by atoms with Crippen LogP contribution in [-0.2, 0) is 0 Å². The van der Waals surface area contributed by atoms with Gasteiger partial charge in [-0.15, -0.1) is 0 Å². The van der Waals surface area contributed by atoms with Crippen LogP contribution in [0.25, 0.3) is 0 Å². The van der Waals surface area contributed by atoms with Gasteiger partial charge in [-0.05, 0) is 24.8 Å². The largest absolute Gasteiger partial charge is 0.673 e. The second-order valence-corrected chi connectivity index (χ2v) is 6.86. The number of rotatable bonds is 5. The summed E-state index contributed by atoms with van der Waals surface area (Å²) in [7, 11) is -6.00. The molecule has 154 valence electrons. The summed E-state index contributed by atoms with van der Waals surface area (Å²) in [6, 6.07) is 16.7. The van der Waals surface area contributed by atoms with Gasteiger partial charge < -0.3 is 22.0 Å². The van der Waals surface area contributed by atoms with E-state index in [1.807, 2.05) is 31.2 Å². The highest BCUT2D eigenvalue weighted by Crippen LogP contribution is 2.28.